The Morgan fingerprint density at radius 3 is 1.95 bits per heavy atom. The van der Waals surface area contributed by atoms with Crippen molar-refractivity contribution < 1.29 is 40.6 Å². The summed E-state index contributed by atoms with van der Waals surface area (Å²) in [6, 6.07) is 12.9. The highest BCUT2D eigenvalue weighted by molar-refractivity contribution is 5.30. The molecule has 1 aliphatic heterocycles. The molecule has 0 spiro atoms. The molecule has 232 valence electrons. The van der Waals surface area contributed by atoms with E-state index in [-0.39, 0.29) is 30.6 Å². The van der Waals surface area contributed by atoms with Gasteiger partial charge in [-0.2, -0.15) is 8.78 Å². The molecule has 2 fully saturated rings. The van der Waals surface area contributed by atoms with Crippen LogP contribution in [0.3, 0.4) is 0 Å². The molecule has 1 saturated carbocycles. The Hall–Kier alpha value is -2.88. The number of rotatable bonds is 10. The lowest BCUT2D eigenvalue weighted by Gasteiger charge is -2.32. The zero-order valence-electron chi connectivity index (χ0n) is 24.1. The number of aryl methyl sites for hydroxylation is 1. The summed E-state index contributed by atoms with van der Waals surface area (Å²) < 4.78 is 102. The number of hydrogen-bond donors (Lipinski definition) is 0. The Morgan fingerprint density at radius 2 is 1.35 bits per heavy atom. The lowest BCUT2D eigenvalue weighted by atomic mass is 9.76. The van der Waals surface area contributed by atoms with Crippen LogP contribution in [0.5, 0.6) is 0 Å². The molecule has 1 saturated heterocycles. The lowest BCUT2D eigenvalue weighted by molar-refractivity contribution is -0.320. The van der Waals surface area contributed by atoms with Crippen LogP contribution in [-0.4, -0.2) is 19.3 Å². The maximum atomic E-state index is 15.2. The molecular formula is C34H36F6O3. The first-order valence-corrected chi connectivity index (χ1v) is 15.0. The quantitative estimate of drug-likeness (QED) is 0.131. The van der Waals surface area contributed by atoms with Gasteiger partial charge >= 0.3 is 6.11 Å². The summed E-state index contributed by atoms with van der Waals surface area (Å²) in [6.07, 6.45) is 0.981. The van der Waals surface area contributed by atoms with Crippen molar-refractivity contribution in [3.8, 4) is 0 Å². The van der Waals surface area contributed by atoms with Gasteiger partial charge in [-0.3, -0.25) is 0 Å². The molecular weight excluding hydrogens is 570 g/mol. The Labute approximate surface area is 248 Å². The molecule has 1 heterocycles. The van der Waals surface area contributed by atoms with Gasteiger partial charge in [-0.05, 0) is 85.3 Å². The van der Waals surface area contributed by atoms with E-state index in [1.54, 1.807) is 24.3 Å². The van der Waals surface area contributed by atoms with Gasteiger partial charge in [-0.25, -0.2) is 17.6 Å². The highest BCUT2D eigenvalue weighted by Crippen LogP contribution is 2.42. The van der Waals surface area contributed by atoms with Crippen molar-refractivity contribution in [3.05, 3.63) is 106 Å². The summed E-state index contributed by atoms with van der Waals surface area (Å²) >= 11 is 0. The van der Waals surface area contributed by atoms with E-state index in [1.807, 2.05) is 0 Å². The largest absolute Gasteiger partial charge is 0.383 e. The molecule has 0 aromatic heterocycles. The third-order valence-corrected chi connectivity index (χ3v) is 8.48. The van der Waals surface area contributed by atoms with Crippen LogP contribution in [-0.2, 0) is 26.7 Å². The van der Waals surface area contributed by atoms with Crippen molar-refractivity contribution in [1.29, 1.82) is 0 Å². The molecule has 0 unspecified atom stereocenters. The van der Waals surface area contributed by atoms with Crippen LogP contribution in [0.4, 0.5) is 26.3 Å². The molecule has 9 heteroatoms. The molecule has 1 aliphatic carbocycles. The minimum atomic E-state index is -3.52. The van der Waals surface area contributed by atoms with Crippen molar-refractivity contribution in [2.45, 2.75) is 88.6 Å². The predicted molar refractivity (Wildman–Crippen MR) is 150 cm³/mol. The second-order valence-corrected chi connectivity index (χ2v) is 11.5. The average molecular weight is 607 g/mol. The average Bonchev–Trinajstić information content (AvgIpc) is 3.00. The fraction of sp³-hybridized carbons (Fsp3) is 0.471. The van der Waals surface area contributed by atoms with Crippen molar-refractivity contribution in [2.75, 3.05) is 13.2 Å². The fourth-order valence-electron chi connectivity index (χ4n) is 6.04. The van der Waals surface area contributed by atoms with Gasteiger partial charge in [0.2, 0.25) is 0 Å². The predicted octanol–water partition coefficient (Wildman–Crippen LogP) is 9.60. The van der Waals surface area contributed by atoms with E-state index in [4.69, 9.17) is 14.2 Å². The highest BCUT2D eigenvalue weighted by atomic mass is 19.3. The monoisotopic (exact) mass is 606 g/mol. The van der Waals surface area contributed by atoms with E-state index in [9.17, 15) is 22.0 Å². The van der Waals surface area contributed by atoms with E-state index in [0.29, 0.717) is 42.4 Å². The summed E-state index contributed by atoms with van der Waals surface area (Å²) in [4.78, 5) is 0. The molecule has 0 bridgehead atoms. The third kappa shape index (κ3) is 7.62. The molecule has 3 aromatic rings. The second-order valence-electron chi connectivity index (χ2n) is 11.5. The normalized spacial score (nSPS) is 23.0. The molecule has 5 rings (SSSR count). The standard InChI is InChI=1S/C34H36F6O3/c1-2-3-4-5-21-6-13-26(14-7-21)34(39,40)43-27-19-41-33(42-20-27)24-12-15-28(29(35)16-24)23-10-8-22(9-11-23)25-17-30(36)32(38)31(37)18-25/h6-7,12-18,22-23,27,33H,2-5,8-11,19-20H2,1H3. The first-order valence-electron chi connectivity index (χ1n) is 15.0. The van der Waals surface area contributed by atoms with Gasteiger partial charge in [0.15, 0.2) is 23.7 Å². The molecule has 0 amide bonds. The van der Waals surface area contributed by atoms with Crippen molar-refractivity contribution in [1.82, 2.24) is 0 Å². The number of benzene rings is 3. The zero-order valence-corrected chi connectivity index (χ0v) is 24.1. The molecule has 43 heavy (non-hydrogen) atoms. The minimum absolute atomic E-state index is 0.0842. The van der Waals surface area contributed by atoms with E-state index >= 15 is 4.39 Å². The maximum Gasteiger partial charge on any atom is 0.383 e. The second kappa shape index (κ2) is 13.8. The van der Waals surface area contributed by atoms with Crippen molar-refractivity contribution >= 4 is 0 Å². The molecule has 2 aliphatic rings. The topological polar surface area (TPSA) is 27.7 Å². The summed E-state index contributed by atoms with van der Waals surface area (Å²) in [6.45, 7) is 1.82. The van der Waals surface area contributed by atoms with E-state index in [0.717, 1.165) is 43.4 Å². The van der Waals surface area contributed by atoms with Crippen LogP contribution >= 0.6 is 0 Å². The maximum absolute atomic E-state index is 15.2. The number of hydrogen-bond acceptors (Lipinski definition) is 3. The number of halogens is 6. The summed E-state index contributed by atoms with van der Waals surface area (Å²) in [5, 5.41) is 0. The van der Waals surface area contributed by atoms with Crippen LogP contribution in [0.25, 0.3) is 0 Å². The van der Waals surface area contributed by atoms with Crippen LogP contribution in [0.2, 0.25) is 0 Å². The van der Waals surface area contributed by atoms with Crippen LogP contribution < -0.4 is 0 Å². The minimum Gasteiger partial charge on any atom is -0.346 e. The Kier molecular flexibility index (Phi) is 10.1. The third-order valence-electron chi connectivity index (χ3n) is 8.48. The zero-order chi connectivity index (χ0) is 30.6. The highest BCUT2D eigenvalue weighted by Gasteiger charge is 2.38. The fourth-order valence-corrected chi connectivity index (χ4v) is 6.04. The Balaban J connectivity index is 1.12. The van der Waals surface area contributed by atoms with Gasteiger partial charge in [0.05, 0.1) is 18.8 Å². The van der Waals surface area contributed by atoms with Crippen LogP contribution in [0.15, 0.2) is 54.6 Å². The van der Waals surface area contributed by atoms with E-state index in [2.05, 4.69) is 6.92 Å². The summed E-state index contributed by atoms with van der Waals surface area (Å²) in [5.41, 5.74) is 2.12. The first-order chi connectivity index (χ1) is 20.6. The molecule has 3 aromatic carbocycles. The van der Waals surface area contributed by atoms with Crippen LogP contribution in [0, 0.1) is 23.3 Å². The lowest BCUT2D eigenvalue weighted by Crippen LogP contribution is -2.38. The molecule has 3 nitrogen and oxygen atoms in total. The van der Waals surface area contributed by atoms with Gasteiger partial charge in [0, 0.05) is 5.56 Å². The van der Waals surface area contributed by atoms with E-state index in [1.165, 1.54) is 18.2 Å². The SMILES string of the molecule is CCCCCc1ccc(C(F)(F)OC2COC(c3ccc(C4CCC(c5cc(F)c(F)c(F)c5)CC4)c(F)c3)OC2)cc1. The first kappa shape index (κ1) is 31.5. The number of unbranched alkanes of at least 4 members (excludes halogenated alkanes) is 2. The van der Waals surface area contributed by atoms with Gasteiger partial charge in [-0.1, -0.05) is 56.2 Å². The van der Waals surface area contributed by atoms with Gasteiger partial charge < -0.3 is 14.2 Å². The molecule has 0 radical (unpaired) electrons. The van der Waals surface area contributed by atoms with Crippen LogP contribution in [0.1, 0.15) is 97.8 Å². The summed E-state index contributed by atoms with van der Waals surface area (Å²) in [7, 11) is 0. The molecule has 0 atom stereocenters. The Bertz CT molecular complexity index is 1340. The smallest absolute Gasteiger partial charge is 0.346 e. The van der Waals surface area contributed by atoms with Gasteiger partial charge in [0.25, 0.3) is 0 Å². The number of alkyl halides is 2. The van der Waals surface area contributed by atoms with Crippen molar-refractivity contribution in [3.63, 3.8) is 0 Å². The molecule has 0 N–H and O–H groups in total. The van der Waals surface area contributed by atoms with Crippen molar-refractivity contribution in [2.24, 2.45) is 0 Å². The number of ether oxygens (including phenoxy) is 3. The van der Waals surface area contributed by atoms with E-state index < -0.39 is 41.8 Å². The summed E-state index contributed by atoms with van der Waals surface area (Å²) in [5.74, 6) is -4.55. The Morgan fingerprint density at radius 1 is 0.744 bits per heavy atom. The van der Waals surface area contributed by atoms with Gasteiger partial charge in [0.1, 0.15) is 11.9 Å². The van der Waals surface area contributed by atoms with Gasteiger partial charge in [-0.15, -0.1) is 0 Å².